The summed E-state index contributed by atoms with van der Waals surface area (Å²) in [6.07, 6.45) is 1.90. The van der Waals surface area contributed by atoms with E-state index in [0.717, 1.165) is 18.7 Å². The number of hydrazone groups is 1. The molecule has 1 N–H and O–H groups in total. The normalized spacial score (nSPS) is 12.2. The van der Waals surface area contributed by atoms with Crippen LogP contribution in [0.2, 0.25) is 0 Å². The maximum atomic E-state index is 4.63. The van der Waals surface area contributed by atoms with Gasteiger partial charge in [-0.2, -0.15) is 5.10 Å². The van der Waals surface area contributed by atoms with Crippen molar-refractivity contribution in [1.82, 2.24) is 5.43 Å². The predicted molar refractivity (Wildman–Crippen MR) is 133 cm³/mol. The first-order chi connectivity index (χ1) is 15.3. The van der Waals surface area contributed by atoms with Crippen LogP contribution in [0.3, 0.4) is 0 Å². The molecule has 156 valence electrons. The van der Waals surface area contributed by atoms with Gasteiger partial charge in [0.1, 0.15) is 0 Å². The van der Waals surface area contributed by atoms with E-state index in [0.29, 0.717) is 0 Å². The van der Waals surface area contributed by atoms with E-state index in [-0.39, 0.29) is 6.04 Å². The molecule has 0 amide bonds. The SMILES string of the molecule is CCN(CC)c1ccc(C=NNC(c2ccccc2)c2cccc3ccccc23)cc1. The van der Waals surface area contributed by atoms with Gasteiger partial charge in [0.05, 0.1) is 12.3 Å². The molecule has 0 radical (unpaired) electrons. The summed E-state index contributed by atoms with van der Waals surface area (Å²) in [5, 5.41) is 7.10. The number of hydrogen-bond acceptors (Lipinski definition) is 3. The van der Waals surface area contributed by atoms with E-state index >= 15 is 0 Å². The summed E-state index contributed by atoms with van der Waals surface area (Å²) in [4.78, 5) is 2.34. The molecule has 3 nitrogen and oxygen atoms in total. The molecular weight excluding hydrogens is 378 g/mol. The lowest BCUT2D eigenvalue weighted by Gasteiger charge is -2.21. The molecule has 1 unspecified atom stereocenters. The molecule has 0 bridgehead atoms. The molecule has 4 rings (SSSR count). The molecule has 31 heavy (non-hydrogen) atoms. The van der Waals surface area contributed by atoms with Crippen molar-refractivity contribution in [3.05, 3.63) is 114 Å². The van der Waals surface area contributed by atoms with E-state index < -0.39 is 0 Å². The lowest BCUT2D eigenvalue weighted by molar-refractivity contribution is 0.646. The molecule has 0 heterocycles. The number of benzene rings is 4. The molecule has 0 aliphatic carbocycles. The Hall–Kier alpha value is -3.59. The molecule has 0 aliphatic rings. The third-order valence-electron chi connectivity index (χ3n) is 5.71. The van der Waals surface area contributed by atoms with Gasteiger partial charge in [-0.15, -0.1) is 0 Å². The van der Waals surface area contributed by atoms with Gasteiger partial charge in [-0.1, -0.05) is 84.9 Å². The van der Waals surface area contributed by atoms with Crippen LogP contribution in [-0.2, 0) is 0 Å². The van der Waals surface area contributed by atoms with E-state index in [9.17, 15) is 0 Å². The molecule has 4 aromatic carbocycles. The minimum atomic E-state index is -0.0292. The molecule has 0 saturated heterocycles. The third kappa shape index (κ3) is 4.77. The van der Waals surface area contributed by atoms with Gasteiger partial charge in [-0.3, -0.25) is 5.43 Å². The largest absolute Gasteiger partial charge is 0.372 e. The Kier molecular flexibility index (Phi) is 6.63. The van der Waals surface area contributed by atoms with Crippen molar-refractivity contribution in [2.24, 2.45) is 5.10 Å². The highest BCUT2D eigenvalue weighted by atomic mass is 15.3. The minimum absolute atomic E-state index is 0.0292. The van der Waals surface area contributed by atoms with Gasteiger partial charge in [-0.25, -0.2) is 0 Å². The zero-order valence-corrected chi connectivity index (χ0v) is 18.2. The van der Waals surface area contributed by atoms with Crippen LogP contribution in [0.1, 0.15) is 36.6 Å². The van der Waals surface area contributed by atoms with Crippen molar-refractivity contribution in [3.8, 4) is 0 Å². The highest BCUT2D eigenvalue weighted by Gasteiger charge is 2.15. The Morgan fingerprint density at radius 3 is 2.19 bits per heavy atom. The summed E-state index contributed by atoms with van der Waals surface area (Å²) < 4.78 is 0. The smallest absolute Gasteiger partial charge is 0.0945 e. The second-order valence-corrected chi connectivity index (χ2v) is 7.56. The molecule has 0 spiro atoms. The molecule has 0 fully saturated rings. The molecule has 4 aromatic rings. The predicted octanol–water partition coefficient (Wildman–Crippen LogP) is 6.40. The number of nitrogens with one attached hydrogen (secondary N) is 1. The monoisotopic (exact) mass is 407 g/mol. The third-order valence-corrected chi connectivity index (χ3v) is 5.71. The number of anilines is 1. The second kappa shape index (κ2) is 9.94. The fourth-order valence-electron chi connectivity index (χ4n) is 4.02. The van der Waals surface area contributed by atoms with Crippen LogP contribution in [0.4, 0.5) is 5.69 Å². The Labute approximate surface area is 185 Å². The van der Waals surface area contributed by atoms with Crippen LogP contribution in [0.5, 0.6) is 0 Å². The van der Waals surface area contributed by atoms with Gasteiger partial charge in [0.25, 0.3) is 0 Å². The summed E-state index contributed by atoms with van der Waals surface area (Å²) in [7, 11) is 0. The number of fused-ring (bicyclic) bond motifs is 1. The van der Waals surface area contributed by atoms with Gasteiger partial charge in [0.15, 0.2) is 0 Å². The van der Waals surface area contributed by atoms with Crippen LogP contribution < -0.4 is 10.3 Å². The lowest BCUT2D eigenvalue weighted by Crippen LogP contribution is -2.21. The summed E-state index contributed by atoms with van der Waals surface area (Å²) in [5.74, 6) is 0. The van der Waals surface area contributed by atoms with Gasteiger partial charge in [0, 0.05) is 18.8 Å². The second-order valence-electron chi connectivity index (χ2n) is 7.56. The van der Waals surface area contributed by atoms with Crippen molar-refractivity contribution in [3.63, 3.8) is 0 Å². The summed E-state index contributed by atoms with van der Waals surface area (Å²) in [6.45, 7) is 6.38. The average molecular weight is 408 g/mol. The zero-order chi connectivity index (χ0) is 21.5. The van der Waals surface area contributed by atoms with Crippen LogP contribution in [0.15, 0.2) is 102 Å². The highest BCUT2D eigenvalue weighted by molar-refractivity contribution is 5.86. The van der Waals surface area contributed by atoms with Crippen molar-refractivity contribution < 1.29 is 0 Å². The van der Waals surface area contributed by atoms with E-state index in [1.165, 1.54) is 27.6 Å². The Balaban J connectivity index is 1.60. The summed E-state index contributed by atoms with van der Waals surface area (Å²) >= 11 is 0. The molecule has 0 aromatic heterocycles. The van der Waals surface area contributed by atoms with Gasteiger partial charge >= 0.3 is 0 Å². The number of nitrogens with zero attached hydrogens (tertiary/aromatic N) is 2. The van der Waals surface area contributed by atoms with Crippen LogP contribution >= 0.6 is 0 Å². The van der Waals surface area contributed by atoms with Gasteiger partial charge < -0.3 is 4.90 Å². The molecule has 3 heteroatoms. The fourth-order valence-corrected chi connectivity index (χ4v) is 4.02. The van der Waals surface area contributed by atoms with E-state index in [1.54, 1.807) is 0 Å². The minimum Gasteiger partial charge on any atom is -0.372 e. The molecule has 0 saturated carbocycles. The van der Waals surface area contributed by atoms with Crippen molar-refractivity contribution in [2.75, 3.05) is 18.0 Å². The Morgan fingerprint density at radius 1 is 0.774 bits per heavy atom. The quantitative estimate of drug-likeness (QED) is 0.270. The van der Waals surface area contributed by atoms with Crippen molar-refractivity contribution in [1.29, 1.82) is 0 Å². The molecular formula is C28H29N3. The van der Waals surface area contributed by atoms with Crippen LogP contribution in [-0.4, -0.2) is 19.3 Å². The maximum Gasteiger partial charge on any atom is 0.0945 e. The van der Waals surface area contributed by atoms with E-state index in [2.05, 4.69) is 120 Å². The number of hydrogen-bond donors (Lipinski definition) is 1. The molecule has 1 atom stereocenters. The van der Waals surface area contributed by atoms with Gasteiger partial charge in [0.2, 0.25) is 0 Å². The first kappa shape index (κ1) is 20.7. The Bertz CT molecular complexity index is 1120. The average Bonchev–Trinajstić information content (AvgIpc) is 2.84. The standard InChI is InChI=1S/C28H29N3/c1-3-31(4-2)25-19-17-22(18-20-25)21-29-30-28(24-12-6-5-7-13-24)27-16-10-14-23-11-8-9-15-26(23)27/h5-21,28,30H,3-4H2,1-2H3. The summed E-state index contributed by atoms with van der Waals surface area (Å²) in [6, 6.07) is 34.0. The van der Waals surface area contributed by atoms with Crippen LogP contribution in [0.25, 0.3) is 10.8 Å². The van der Waals surface area contributed by atoms with E-state index in [4.69, 9.17) is 0 Å². The first-order valence-corrected chi connectivity index (χ1v) is 11.0. The first-order valence-electron chi connectivity index (χ1n) is 11.0. The van der Waals surface area contributed by atoms with Crippen LogP contribution in [0, 0.1) is 0 Å². The van der Waals surface area contributed by atoms with E-state index in [1.807, 2.05) is 12.3 Å². The fraction of sp³-hybridized carbons (Fsp3) is 0.179. The molecule has 0 aliphatic heterocycles. The number of rotatable bonds is 8. The van der Waals surface area contributed by atoms with Crippen molar-refractivity contribution in [2.45, 2.75) is 19.9 Å². The summed E-state index contributed by atoms with van der Waals surface area (Å²) in [5.41, 5.74) is 8.14. The zero-order valence-electron chi connectivity index (χ0n) is 18.2. The van der Waals surface area contributed by atoms with Crippen molar-refractivity contribution >= 4 is 22.7 Å². The Morgan fingerprint density at radius 2 is 1.45 bits per heavy atom. The highest BCUT2D eigenvalue weighted by Crippen LogP contribution is 2.29. The maximum absolute atomic E-state index is 4.63. The van der Waals surface area contributed by atoms with Gasteiger partial charge in [-0.05, 0) is 53.4 Å². The topological polar surface area (TPSA) is 27.6 Å². The lowest BCUT2D eigenvalue weighted by atomic mass is 9.94.